The van der Waals surface area contributed by atoms with E-state index in [1.165, 1.54) is 0 Å². The standard InChI is InChI=1S/C27H26N4O2/c1-19(2)26(32)29-22-12-14-23(15-13-22)30-27(33)25-7-4-3-6-24(25)21-10-8-20(9-11-21)18-31-17-5-16-28-31/h3-17,19H,18H2,1-2H3,(H,29,32)(H,30,33). The minimum absolute atomic E-state index is 0.0450. The fourth-order valence-corrected chi connectivity index (χ4v) is 3.43. The normalized spacial score (nSPS) is 10.8. The quantitative estimate of drug-likeness (QED) is 0.403. The lowest BCUT2D eigenvalue weighted by molar-refractivity contribution is -0.118. The summed E-state index contributed by atoms with van der Waals surface area (Å²) in [7, 11) is 0. The Bertz CT molecular complexity index is 1230. The molecular formula is C27H26N4O2. The van der Waals surface area contributed by atoms with Gasteiger partial charge in [-0.15, -0.1) is 0 Å². The highest BCUT2D eigenvalue weighted by Crippen LogP contribution is 2.25. The average Bonchev–Trinajstić information content (AvgIpc) is 3.34. The molecule has 6 heteroatoms. The molecule has 4 aromatic rings. The molecule has 0 aliphatic carbocycles. The number of hydrogen-bond donors (Lipinski definition) is 2. The molecule has 3 aromatic carbocycles. The third-order valence-corrected chi connectivity index (χ3v) is 5.28. The Hall–Kier alpha value is -4.19. The summed E-state index contributed by atoms with van der Waals surface area (Å²) in [6.45, 7) is 4.38. The number of hydrogen-bond acceptors (Lipinski definition) is 3. The molecule has 33 heavy (non-hydrogen) atoms. The number of carbonyl (C=O) groups excluding carboxylic acids is 2. The topological polar surface area (TPSA) is 76.0 Å². The SMILES string of the molecule is CC(C)C(=O)Nc1ccc(NC(=O)c2ccccc2-c2ccc(Cn3cccn3)cc2)cc1. The van der Waals surface area contributed by atoms with Crippen molar-refractivity contribution >= 4 is 23.2 Å². The van der Waals surface area contributed by atoms with E-state index in [0.717, 1.165) is 16.7 Å². The van der Waals surface area contributed by atoms with E-state index in [1.54, 1.807) is 30.5 Å². The molecule has 0 saturated carbocycles. The third kappa shape index (κ3) is 5.54. The predicted octanol–water partition coefficient (Wildman–Crippen LogP) is 5.45. The Kier molecular flexibility index (Phi) is 6.64. The van der Waals surface area contributed by atoms with E-state index in [4.69, 9.17) is 0 Å². The van der Waals surface area contributed by atoms with Gasteiger partial charge in [0.15, 0.2) is 0 Å². The monoisotopic (exact) mass is 438 g/mol. The van der Waals surface area contributed by atoms with E-state index in [2.05, 4.69) is 27.9 Å². The van der Waals surface area contributed by atoms with Gasteiger partial charge in [0.2, 0.25) is 5.91 Å². The summed E-state index contributed by atoms with van der Waals surface area (Å²) in [5.74, 6) is -0.331. The van der Waals surface area contributed by atoms with Crippen molar-refractivity contribution in [3.63, 3.8) is 0 Å². The first kappa shape index (κ1) is 22.0. The zero-order valence-corrected chi connectivity index (χ0v) is 18.7. The van der Waals surface area contributed by atoms with Crippen molar-refractivity contribution < 1.29 is 9.59 Å². The first-order valence-electron chi connectivity index (χ1n) is 10.9. The minimum atomic E-state index is -0.190. The molecule has 0 atom stereocenters. The molecule has 0 saturated heterocycles. The van der Waals surface area contributed by atoms with Crippen LogP contribution in [-0.4, -0.2) is 21.6 Å². The summed E-state index contributed by atoms with van der Waals surface area (Å²) in [4.78, 5) is 24.9. The zero-order chi connectivity index (χ0) is 23.2. The van der Waals surface area contributed by atoms with Gasteiger partial charge < -0.3 is 10.6 Å². The number of aromatic nitrogens is 2. The largest absolute Gasteiger partial charge is 0.326 e. The Morgan fingerprint density at radius 2 is 1.52 bits per heavy atom. The molecule has 0 spiro atoms. The van der Waals surface area contributed by atoms with Gasteiger partial charge in [0.25, 0.3) is 5.91 Å². The van der Waals surface area contributed by atoms with Gasteiger partial charge in [-0.3, -0.25) is 14.3 Å². The molecule has 4 rings (SSSR count). The van der Waals surface area contributed by atoms with Crippen LogP contribution < -0.4 is 10.6 Å². The number of amides is 2. The van der Waals surface area contributed by atoms with Gasteiger partial charge >= 0.3 is 0 Å². The van der Waals surface area contributed by atoms with Gasteiger partial charge in [-0.25, -0.2) is 0 Å². The molecule has 166 valence electrons. The molecular weight excluding hydrogens is 412 g/mol. The van der Waals surface area contributed by atoms with E-state index in [9.17, 15) is 9.59 Å². The summed E-state index contributed by atoms with van der Waals surface area (Å²) >= 11 is 0. The smallest absolute Gasteiger partial charge is 0.256 e. The molecule has 2 amide bonds. The zero-order valence-electron chi connectivity index (χ0n) is 18.7. The van der Waals surface area contributed by atoms with Gasteiger partial charge in [-0.1, -0.05) is 56.3 Å². The van der Waals surface area contributed by atoms with Crippen LogP contribution in [0.3, 0.4) is 0 Å². The first-order chi connectivity index (χ1) is 16.0. The average molecular weight is 439 g/mol. The molecule has 0 radical (unpaired) electrons. The van der Waals surface area contributed by atoms with Gasteiger partial charge in [0.1, 0.15) is 0 Å². The Balaban J connectivity index is 1.48. The van der Waals surface area contributed by atoms with E-state index in [-0.39, 0.29) is 17.7 Å². The highest BCUT2D eigenvalue weighted by molar-refractivity contribution is 6.08. The van der Waals surface area contributed by atoms with Crippen molar-refractivity contribution in [1.29, 1.82) is 0 Å². The van der Waals surface area contributed by atoms with Gasteiger partial charge in [-0.2, -0.15) is 5.10 Å². The fraction of sp³-hybridized carbons (Fsp3) is 0.148. The van der Waals surface area contributed by atoms with E-state index < -0.39 is 0 Å². The van der Waals surface area contributed by atoms with Crippen molar-refractivity contribution in [3.8, 4) is 11.1 Å². The van der Waals surface area contributed by atoms with Gasteiger partial charge in [-0.05, 0) is 53.1 Å². The van der Waals surface area contributed by atoms with E-state index in [0.29, 0.717) is 23.5 Å². The number of carbonyl (C=O) groups is 2. The van der Waals surface area contributed by atoms with Gasteiger partial charge in [0.05, 0.1) is 6.54 Å². The maximum absolute atomic E-state index is 13.0. The molecule has 0 aliphatic rings. The van der Waals surface area contributed by atoms with Crippen LogP contribution in [0.4, 0.5) is 11.4 Å². The molecule has 1 heterocycles. The number of nitrogens with zero attached hydrogens (tertiary/aromatic N) is 2. The fourth-order valence-electron chi connectivity index (χ4n) is 3.43. The van der Waals surface area contributed by atoms with Crippen LogP contribution in [0.1, 0.15) is 29.8 Å². The van der Waals surface area contributed by atoms with Crippen LogP contribution in [-0.2, 0) is 11.3 Å². The summed E-state index contributed by atoms with van der Waals surface area (Å²) in [5, 5.41) is 10.0. The van der Waals surface area contributed by atoms with Crippen LogP contribution in [0, 0.1) is 5.92 Å². The summed E-state index contributed by atoms with van der Waals surface area (Å²) in [5.41, 5.74) is 4.91. The highest BCUT2D eigenvalue weighted by Gasteiger charge is 2.13. The van der Waals surface area contributed by atoms with Crippen molar-refractivity contribution in [1.82, 2.24) is 9.78 Å². The second kappa shape index (κ2) is 9.96. The number of benzene rings is 3. The van der Waals surface area contributed by atoms with Crippen molar-refractivity contribution in [2.24, 2.45) is 5.92 Å². The molecule has 0 aliphatic heterocycles. The lowest BCUT2D eigenvalue weighted by atomic mass is 9.98. The Morgan fingerprint density at radius 1 is 0.848 bits per heavy atom. The first-order valence-corrected chi connectivity index (χ1v) is 10.9. The summed E-state index contributed by atoms with van der Waals surface area (Å²) in [6, 6.07) is 24.7. The summed E-state index contributed by atoms with van der Waals surface area (Å²) in [6.07, 6.45) is 3.69. The van der Waals surface area contributed by atoms with Crippen LogP contribution in [0.25, 0.3) is 11.1 Å². The van der Waals surface area contributed by atoms with Crippen molar-refractivity contribution in [3.05, 3.63) is 102 Å². The van der Waals surface area contributed by atoms with Crippen LogP contribution in [0.5, 0.6) is 0 Å². The Labute approximate surface area is 193 Å². The molecule has 0 fully saturated rings. The molecule has 0 bridgehead atoms. The molecule has 2 N–H and O–H groups in total. The Morgan fingerprint density at radius 3 is 2.15 bits per heavy atom. The molecule has 0 unspecified atom stereocenters. The van der Waals surface area contributed by atoms with Gasteiger partial charge in [0, 0.05) is 35.2 Å². The minimum Gasteiger partial charge on any atom is -0.326 e. The second-order valence-corrected chi connectivity index (χ2v) is 8.12. The number of nitrogens with one attached hydrogen (secondary N) is 2. The molecule has 6 nitrogen and oxygen atoms in total. The van der Waals surface area contributed by atoms with Crippen LogP contribution >= 0.6 is 0 Å². The van der Waals surface area contributed by atoms with Crippen LogP contribution in [0.15, 0.2) is 91.3 Å². The predicted molar refractivity (Wildman–Crippen MR) is 131 cm³/mol. The lowest BCUT2D eigenvalue weighted by Gasteiger charge is -2.12. The maximum Gasteiger partial charge on any atom is 0.256 e. The maximum atomic E-state index is 13.0. The van der Waals surface area contributed by atoms with E-state index in [1.807, 2.05) is 67.2 Å². The van der Waals surface area contributed by atoms with E-state index >= 15 is 0 Å². The lowest BCUT2D eigenvalue weighted by Crippen LogP contribution is -2.17. The second-order valence-electron chi connectivity index (χ2n) is 8.12. The summed E-state index contributed by atoms with van der Waals surface area (Å²) < 4.78 is 1.87. The third-order valence-electron chi connectivity index (χ3n) is 5.28. The van der Waals surface area contributed by atoms with Crippen molar-refractivity contribution in [2.45, 2.75) is 20.4 Å². The van der Waals surface area contributed by atoms with Crippen LogP contribution in [0.2, 0.25) is 0 Å². The van der Waals surface area contributed by atoms with Crippen molar-refractivity contribution in [2.75, 3.05) is 10.6 Å². The molecule has 1 aromatic heterocycles. The number of rotatable bonds is 7. The highest BCUT2D eigenvalue weighted by atomic mass is 16.2. The number of anilines is 2.